The van der Waals surface area contributed by atoms with Crippen molar-refractivity contribution >= 4 is 51.2 Å². The van der Waals surface area contributed by atoms with Gasteiger partial charge in [0.25, 0.3) is 0 Å². The van der Waals surface area contributed by atoms with E-state index in [0.29, 0.717) is 0 Å². The van der Waals surface area contributed by atoms with Crippen LogP contribution in [0.25, 0.3) is 77.6 Å². The Balaban J connectivity index is 1.25. The highest BCUT2D eigenvalue weighted by Crippen LogP contribution is 2.36. The van der Waals surface area contributed by atoms with Crippen LogP contribution < -0.4 is 10.4 Å². The molecule has 4 aromatic heterocycles. The number of rotatable bonds is 3. The van der Waals surface area contributed by atoms with Crippen molar-refractivity contribution in [2.24, 2.45) is 0 Å². The van der Waals surface area contributed by atoms with Gasteiger partial charge in [-0.2, -0.15) is 0 Å². The molecule has 0 bridgehead atoms. The normalized spacial score (nSPS) is 13.3. The lowest BCUT2D eigenvalue weighted by atomic mass is 9.98. The van der Waals surface area contributed by atoms with E-state index in [1.54, 1.807) is 0 Å². The van der Waals surface area contributed by atoms with Gasteiger partial charge in [0.2, 0.25) is 0 Å². The number of fused-ring (bicyclic) bond motifs is 7. The zero-order valence-corrected chi connectivity index (χ0v) is 25.9. The second-order valence-corrected chi connectivity index (χ2v) is 16.6. The molecule has 0 atom stereocenters. The van der Waals surface area contributed by atoms with Crippen LogP contribution in [0.3, 0.4) is 0 Å². The van der Waals surface area contributed by atoms with Gasteiger partial charge in [-0.1, -0.05) is 79.8 Å². The summed E-state index contributed by atoms with van der Waals surface area (Å²) in [5, 5.41) is 6.13. The third-order valence-corrected chi connectivity index (χ3v) is 12.8. The fourth-order valence-electron chi connectivity index (χ4n) is 6.91. The Bertz CT molecular complexity index is 2490. The summed E-state index contributed by atoms with van der Waals surface area (Å²) in [5.74, 6) is 0. The first-order chi connectivity index (χ1) is 22.0. The van der Waals surface area contributed by atoms with E-state index in [1.165, 1.54) is 21.5 Å². The van der Waals surface area contributed by atoms with Crippen molar-refractivity contribution in [2.45, 2.75) is 13.1 Å². The van der Waals surface area contributed by atoms with Crippen LogP contribution in [0.15, 0.2) is 128 Å². The topological polar surface area (TPSA) is 64.5 Å². The molecule has 0 amide bonds. The Kier molecular flexibility index (Phi) is 5.58. The smallest absolute Gasteiger partial charge is 0.113 e. The highest BCUT2D eigenvalue weighted by molar-refractivity contribution is 7.03. The summed E-state index contributed by atoms with van der Waals surface area (Å²) in [6, 6.07) is 36.5. The van der Waals surface area contributed by atoms with Crippen molar-refractivity contribution in [3.63, 3.8) is 0 Å². The molecule has 0 fully saturated rings. The van der Waals surface area contributed by atoms with Gasteiger partial charge in [0.05, 0.1) is 39.8 Å². The number of hydrogen-bond acceptors (Lipinski definition) is 5. The van der Waals surface area contributed by atoms with E-state index in [9.17, 15) is 0 Å². The summed E-state index contributed by atoms with van der Waals surface area (Å²) in [6.45, 7) is 4.88. The van der Waals surface area contributed by atoms with E-state index in [-0.39, 0.29) is 0 Å². The highest BCUT2D eigenvalue weighted by atomic mass is 28.3. The molecule has 1 aliphatic rings. The third-order valence-electron chi connectivity index (χ3n) is 9.22. The van der Waals surface area contributed by atoms with Crippen LogP contribution in [-0.4, -0.2) is 33.0 Å². The number of nitrogens with zero attached hydrogens (tertiary/aromatic N) is 5. The summed E-state index contributed by atoms with van der Waals surface area (Å²) >= 11 is 0. The lowest BCUT2D eigenvalue weighted by molar-refractivity contribution is 1.21. The lowest BCUT2D eigenvalue weighted by Gasteiger charge is -2.19. The largest absolute Gasteiger partial charge is 0.256 e. The molecule has 6 heteroatoms. The predicted octanol–water partition coefficient (Wildman–Crippen LogP) is 7.93. The first-order valence-corrected chi connectivity index (χ1v) is 18.2. The maximum Gasteiger partial charge on any atom is 0.113 e. The van der Waals surface area contributed by atoms with E-state index in [1.807, 2.05) is 36.9 Å². The van der Waals surface area contributed by atoms with Crippen LogP contribution >= 0.6 is 0 Å². The molecule has 5 heterocycles. The predicted molar refractivity (Wildman–Crippen MR) is 186 cm³/mol. The number of pyridine rings is 3. The summed E-state index contributed by atoms with van der Waals surface area (Å²) in [6.07, 6.45) is 7.40. The molecule has 212 valence electrons. The van der Waals surface area contributed by atoms with Crippen LogP contribution in [0, 0.1) is 0 Å². The Hall–Kier alpha value is -5.59. The van der Waals surface area contributed by atoms with Crippen LogP contribution in [0.1, 0.15) is 0 Å². The molecule has 0 saturated heterocycles. The average molecular weight is 594 g/mol. The van der Waals surface area contributed by atoms with E-state index in [2.05, 4.69) is 114 Å². The van der Waals surface area contributed by atoms with Crippen LogP contribution in [-0.2, 0) is 0 Å². The summed E-state index contributed by atoms with van der Waals surface area (Å²) in [5.41, 5.74) is 10.8. The molecule has 45 heavy (non-hydrogen) atoms. The van der Waals surface area contributed by atoms with Crippen molar-refractivity contribution in [2.75, 3.05) is 0 Å². The Morgan fingerprint density at radius 3 is 2.16 bits per heavy atom. The first kappa shape index (κ1) is 25.9. The molecule has 9 rings (SSSR count). The minimum atomic E-state index is -1.78. The summed E-state index contributed by atoms with van der Waals surface area (Å²) in [4.78, 5) is 24.4. The first-order valence-electron chi connectivity index (χ1n) is 15.2. The van der Waals surface area contributed by atoms with Gasteiger partial charge >= 0.3 is 0 Å². The van der Waals surface area contributed by atoms with Gasteiger partial charge in [-0.15, -0.1) is 0 Å². The standard InChI is InChI=1S/C39H27N5Si/c1-45(2)34-10-4-3-9-30(34)31-21-28(14-16-35(31)45)39-38(27-13-15-32-25(19-27)8-6-17-40-32)43-23-33(44-39)29-20-26-12-11-24-7-5-18-41-36(24)37(26)42-22-29/h3-23H,1-2H3. The molecule has 0 aliphatic carbocycles. The summed E-state index contributed by atoms with van der Waals surface area (Å²) < 4.78 is 0. The zero-order chi connectivity index (χ0) is 30.1. The molecule has 0 unspecified atom stereocenters. The minimum absolute atomic E-state index is 0.780. The number of aromatic nitrogens is 5. The Labute approximate surface area is 261 Å². The van der Waals surface area contributed by atoms with Gasteiger partial charge in [0.15, 0.2) is 0 Å². The molecule has 1 aliphatic heterocycles. The Morgan fingerprint density at radius 2 is 1.22 bits per heavy atom. The summed E-state index contributed by atoms with van der Waals surface area (Å²) in [7, 11) is -1.78. The molecule has 0 spiro atoms. The van der Waals surface area contributed by atoms with Gasteiger partial charge in [0.1, 0.15) is 8.07 Å². The highest BCUT2D eigenvalue weighted by Gasteiger charge is 2.37. The molecule has 0 saturated carbocycles. The number of benzene rings is 4. The van der Waals surface area contributed by atoms with Gasteiger partial charge in [-0.05, 0) is 57.9 Å². The van der Waals surface area contributed by atoms with Gasteiger partial charge in [0, 0.05) is 51.4 Å². The average Bonchev–Trinajstić information content (AvgIpc) is 3.33. The molecule has 8 aromatic rings. The fourth-order valence-corrected chi connectivity index (χ4v) is 9.98. The van der Waals surface area contributed by atoms with Crippen LogP contribution in [0.5, 0.6) is 0 Å². The van der Waals surface area contributed by atoms with Gasteiger partial charge < -0.3 is 0 Å². The second-order valence-electron chi connectivity index (χ2n) is 12.2. The van der Waals surface area contributed by atoms with Crippen molar-refractivity contribution < 1.29 is 0 Å². The van der Waals surface area contributed by atoms with E-state index < -0.39 is 8.07 Å². The maximum atomic E-state index is 5.33. The van der Waals surface area contributed by atoms with E-state index in [4.69, 9.17) is 15.0 Å². The number of hydrogen-bond donors (Lipinski definition) is 0. The van der Waals surface area contributed by atoms with E-state index >= 15 is 0 Å². The molecule has 5 nitrogen and oxygen atoms in total. The minimum Gasteiger partial charge on any atom is -0.256 e. The lowest BCUT2D eigenvalue weighted by Crippen LogP contribution is -2.49. The van der Waals surface area contributed by atoms with Crippen molar-refractivity contribution in [3.8, 4) is 44.9 Å². The zero-order valence-electron chi connectivity index (χ0n) is 24.9. The van der Waals surface area contributed by atoms with Crippen LogP contribution in [0.2, 0.25) is 13.1 Å². The third kappa shape index (κ3) is 4.03. The SMILES string of the molecule is C[Si]1(C)c2ccccc2-c2cc(-c3nc(-c4cnc5c(ccc6cccnc65)c4)cnc3-c3ccc4ncccc4c3)ccc21. The van der Waals surface area contributed by atoms with Crippen molar-refractivity contribution in [1.82, 2.24) is 24.9 Å². The molecule has 4 aromatic carbocycles. The molecule has 0 N–H and O–H groups in total. The van der Waals surface area contributed by atoms with Crippen LogP contribution in [0.4, 0.5) is 0 Å². The van der Waals surface area contributed by atoms with Gasteiger partial charge in [-0.25, -0.2) is 4.98 Å². The molecule has 0 radical (unpaired) electrons. The Morgan fingerprint density at radius 1 is 0.489 bits per heavy atom. The maximum absolute atomic E-state index is 5.33. The second kappa shape index (κ2) is 9.71. The fraction of sp³-hybridized carbons (Fsp3) is 0.0513. The van der Waals surface area contributed by atoms with Crippen molar-refractivity contribution in [1.29, 1.82) is 0 Å². The monoisotopic (exact) mass is 593 g/mol. The quantitative estimate of drug-likeness (QED) is 0.154. The van der Waals surface area contributed by atoms with Crippen molar-refractivity contribution in [3.05, 3.63) is 128 Å². The molecular weight excluding hydrogens is 567 g/mol. The van der Waals surface area contributed by atoms with Gasteiger partial charge in [-0.3, -0.25) is 19.9 Å². The van der Waals surface area contributed by atoms with E-state index in [0.717, 1.165) is 66.5 Å². The molecular formula is C39H27N5Si.